The summed E-state index contributed by atoms with van der Waals surface area (Å²) in [5.74, 6) is 0. The van der Waals surface area contributed by atoms with E-state index in [1.807, 2.05) is 18.2 Å². The first-order valence-electron chi connectivity index (χ1n) is 4.99. The molecule has 1 aliphatic rings. The van der Waals surface area contributed by atoms with E-state index in [1.54, 1.807) is 0 Å². The van der Waals surface area contributed by atoms with Gasteiger partial charge in [-0.05, 0) is 40.0 Å². The quantitative estimate of drug-likeness (QED) is 0.905. The van der Waals surface area contributed by atoms with Gasteiger partial charge in [-0.3, -0.25) is 4.90 Å². The molecule has 1 N–H and O–H groups in total. The van der Waals surface area contributed by atoms with Crippen LogP contribution in [0.2, 0.25) is 5.02 Å². The van der Waals surface area contributed by atoms with Crippen LogP contribution in [-0.4, -0.2) is 29.2 Å². The molecule has 0 spiro atoms. The van der Waals surface area contributed by atoms with Crippen molar-refractivity contribution in [2.24, 2.45) is 0 Å². The molecule has 1 aromatic carbocycles. The summed E-state index contributed by atoms with van der Waals surface area (Å²) >= 11 is 9.33. The third kappa shape index (κ3) is 2.94. The van der Waals surface area contributed by atoms with Gasteiger partial charge in [-0.2, -0.15) is 0 Å². The molecular weight excluding hydrogens is 277 g/mol. The SMILES string of the molecule is O[C@H]1CCN(Cc2ccc(Cl)c(Br)c2)C1. The Morgan fingerprint density at radius 3 is 2.93 bits per heavy atom. The first-order chi connectivity index (χ1) is 7.15. The van der Waals surface area contributed by atoms with E-state index in [0.717, 1.165) is 35.6 Å². The second-order valence-electron chi connectivity index (χ2n) is 3.93. The zero-order valence-electron chi connectivity index (χ0n) is 8.29. The average molecular weight is 291 g/mol. The van der Waals surface area contributed by atoms with Crippen LogP contribution >= 0.6 is 27.5 Å². The van der Waals surface area contributed by atoms with Gasteiger partial charge in [0, 0.05) is 24.1 Å². The van der Waals surface area contributed by atoms with E-state index in [4.69, 9.17) is 11.6 Å². The van der Waals surface area contributed by atoms with E-state index in [-0.39, 0.29) is 6.10 Å². The first-order valence-corrected chi connectivity index (χ1v) is 6.16. The average Bonchev–Trinajstić information content (AvgIpc) is 2.58. The van der Waals surface area contributed by atoms with Crippen LogP contribution in [0.4, 0.5) is 0 Å². The Morgan fingerprint density at radius 2 is 2.33 bits per heavy atom. The molecule has 1 heterocycles. The fraction of sp³-hybridized carbons (Fsp3) is 0.455. The highest BCUT2D eigenvalue weighted by atomic mass is 79.9. The monoisotopic (exact) mass is 289 g/mol. The van der Waals surface area contributed by atoms with Crippen molar-refractivity contribution in [3.8, 4) is 0 Å². The van der Waals surface area contributed by atoms with E-state index >= 15 is 0 Å². The van der Waals surface area contributed by atoms with Crippen LogP contribution in [0, 0.1) is 0 Å². The summed E-state index contributed by atoms with van der Waals surface area (Å²) in [7, 11) is 0. The maximum Gasteiger partial charge on any atom is 0.0679 e. The predicted molar refractivity (Wildman–Crippen MR) is 65.1 cm³/mol. The number of benzene rings is 1. The summed E-state index contributed by atoms with van der Waals surface area (Å²) in [4.78, 5) is 2.25. The van der Waals surface area contributed by atoms with Crippen LogP contribution in [0.25, 0.3) is 0 Å². The molecule has 1 fully saturated rings. The lowest BCUT2D eigenvalue weighted by molar-refractivity contribution is 0.175. The number of hydrogen-bond acceptors (Lipinski definition) is 2. The van der Waals surface area contributed by atoms with Crippen molar-refractivity contribution in [1.29, 1.82) is 0 Å². The summed E-state index contributed by atoms with van der Waals surface area (Å²) in [6.45, 7) is 2.63. The smallest absolute Gasteiger partial charge is 0.0679 e. The molecule has 1 atom stereocenters. The lowest BCUT2D eigenvalue weighted by Gasteiger charge is -2.15. The summed E-state index contributed by atoms with van der Waals surface area (Å²) < 4.78 is 0.932. The largest absolute Gasteiger partial charge is 0.392 e. The Morgan fingerprint density at radius 1 is 1.53 bits per heavy atom. The van der Waals surface area contributed by atoms with Gasteiger partial charge in [0.15, 0.2) is 0 Å². The minimum atomic E-state index is -0.152. The maximum atomic E-state index is 9.40. The summed E-state index contributed by atoms with van der Waals surface area (Å²) in [5, 5.41) is 10.1. The minimum Gasteiger partial charge on any atom is -0.392 e. The van der Waals surface area contributed by atoms with Crippen molar-refractivity contribution in [3.05, 3.63) is 33.3 Å². The Bertz CT molecular complexity index is 358. The zero-order valence-corrected chi connectivity index (χ0v) is 10.6. The van der Waals surface area contributed by atoms with Crippen molar-refractivity contribution in [2.75, 3.05) is 13.1 Å². The van der Waals surface area contributed by atoms with Gasteiger partial charge < -0.3 is 5.11 Å². The second kappa shape index (κ2) is 4.83. The molecule has 2 nitrogen and oxygen atoms in total. The number of hydrogen-bond donors (Lipinski definition) is 1. The highest BCUT2D eigenvalue weighted by Crippen LogP contribution is 2.24. The van der Waals surface area contributed by atoms with Crippen LogP contribution < -0.4 is 0 Å². The van der Waals surface area contributed by atoms with Crippen molar-refractivity contribution in [1.82, 2.24) is 4.90 Å². The third-order valence-corrected chi connectivity index (χ3v) is 3.85. The molecule has 0 saturated carbocycles. The number of halogens is 2. The van der Waals surface area contributed by atoms with Gasteiger partial charge in [-0.25, -0.2) is 0 Å². The third-order valence-electron chi connectivity index (χ3n) is 2.64. The first kappa shape index (κ1) is 11.4. The molecule has 0 bridgehead atoms. The molecule has 0 amide bonds. The van der Waals surface area contributed by atoms with E-state index < -0.39 is 0 Å². The van der Waals surface area contributed by atoms with Crippen molar-refractivity contribution in [3.63, 3.8) is 0 Å². The maximum absolute atomic E-state index is 9.40. The lowest BCUT2D eigenvalue weighted by atomic mass is 10.2. The molecule has 0 unspecified atom stereocenters. The van der Waals surface area contributed by atoms with Gasteiger partial charge in [0.05, 0.1) is 11.1 Å². The van der Waals surface area contributed by atoms with Crippen LogP contribution in [-0.2, 0) is 6.54 Å². The highest BCUT2D eigenvalue weighted by Gasteiger charge is 2.19. The Labute approximate surface area is 103 Å². The van der Waals surface area contributed by atoms with Gasteiger partial charge in [-0.1, -0.05) is 17.7 Å². The zero-order chi connectivity index (χ0) is 10.8. The van der Waals surface area contributed by atoms with Crippen molar-refractivity contribution in [2.45, 2.75) is 19.1 Å². The molecule has 1 saturated heterocycles. The molecule has 0 aromatic heterocycles. The fourth-order valence-electron chi connectivity index (χ4n) is 1.85. The van der Waals surface area contributed by atoms with E-state index in [0.29, 0.717) is 0 Å². The Hall–Kier alpha value is -0.0900. The number of aliphatic hydroxyl groups excluding tert-OH is 1. The molecule has 1 aromatic rings. The minimum absolute atomic E-state index is 0.152. The lowest BCUT2D eigenvalue weighted by Crippen LogP contribution is -2.21. The summed E-state index contributed by atoms with van der Waals surface area (Å²) in [5.41, 5.74) is 1.22. The molecule has 2 rings (SSSR count). The number of aliphatic hydroxyl groups is 1. The summed E-state index contributed by atoms with van der Waals surface area (Å²) in [6, 6.07) is 5.96. The van der Waals surface area contributed by atoms with Gasteiger partial charge in [-0.15, -0.1) is 0 Å². The second-order valence-corrected chi connectivity index (χ2v) is 5.19. The number of likely N-dealkylation sites (tertiary alicyclic amines) is 1. The van der Waals surface area contributed by atoms with Gasteiger partial charge in [0.25, 0.3) is 0 Å². The molecule has 15 heavy (non-hydrogen) atoms. The van der Waals surface area contributed by atoms with Gasteiger partial charge in [0.2, 0.25) is 0 Å². The topological polar surface area (TPSA) is 23.5 Å². The van der Waals surface area contributed by atoms with Crippen molar-refractivity contribution >= 4 is 27.5 Å². The van der Waals surface area contributed by atoms with E-state index in [2.05, 4.69) is 20.8 Å². The van der Waals surface area contributed by atoms with Crippen LogP contribution in [0.1, 0.15) is 12.0 Å². The Balaban J connectivity index is 2.02. The van der Waals surface area contributed by atoms with Crippen LogP contribution in [0.15, 0.2) is 22.7 Å². The standard InChI is InChI=1S/C11H13BrClNO/c12-10-5-8(1-2-11(10)13)6-14-4-3-9(15)7-14/h1-2,5,9,15H,3-4,6-7H2/t9-/m0/s1. The molecule has 4 heteroatoms. The van der Waals surface area contributed by atoms with Gasteiger partial charge in [0.1, 0.15) is 0 Å². The van der Waals surface area contributed by atoms with Crippen LogP contribution in [0.5, 0.6) is 0 Å². The highest BCUT2D eigenvalue weighted by molar-refractivity contribution is 9.10. The van der Waals surface area contributed by atoms with E-state index in [1.165, 1.54) is 5.56 Å². The molecule has 82 valence electrons. The number of β-amino-alcohol motifs (C(OH)–C–C–N with tert-alkyl or cyclic N) is 1. The molecular formula is C11H13BrClNO. The number of rotatable bonds is 2. The normalized spacial score (nSPS) is 22.2. The van der Waals surface area contributed by atoms with Crippen LogP contribution in [0.3, 0.4) is 0 Å². The molecule has 0 aliphatic carbocycles. The predicted octanol–water partition coefficient (Wildman–Crippen LogP) is 2.67. The molecule has 0 radical (unpaired) electrons. The van der Waals surface area contributed by atoms with Crippen molar-refractivity contribution < 1.29 is 5.11 Å². The Kier molecular flexibility index (Phi) is 3.67. The number of nitrogens with zero attached hydrogens (tertiary/aromatic N) is 1. The van der Waals surface area contributed by atoms with E-state index in [9.17, 15) is 5.11 Å². The molecule has 1 aliphatic heterocycles. The fourth-order valence-corrected chi connectivity index (χ4v) is 2.40. The summed E-state index contributed by atoms with van der Waals surface area (Å²) in [6.07, 6.45) is 0.732. The van der Waals surface area contributed by atoms with Gasteiger partial charge >= 0.3 is 0 Å².